The molecule has 6 nitrogen and oxygen atoms in total. The van der Waals surface area contributed by atoms with Crippen LogP contribution in [0.5, 0.6) is 23.0 Å². The molecule has 0 aliphatic carbocycles. The third kappa shape index (κ3) is 8.89. The van der Waals surface area contributed by atoms with Gasteiger partial charge < -0.3 is 23.1 Å². The molecule has 0 radical (unpaired) electrons. The van der Waals surface area contributed by atoms with E-state index in [2.05, 4.69) is 67.7 Å². The van der Waals surface area contributed by atoms with Gasteiger partial charge in [0, 0.05) is 13.3 Å². The van der Waals surface area contributed by atoms with Gasteiger partial charge in [-0.1, -0.05) is 59.8 Å². The van der Waals surface area contributed by atoms with Gasteiger partial charge in [-0.05, 0) is 77.7 Å². The standard InChI is InChI=1S/C32H50O6Si2/c1-23(33)36-26(20-25-16-19-28(30(22-25)35-9)38-40(12,13)32(5,6)7)17-14-24-15-18-27(29(21-24)34-8)37-39(10,11)31(2,3)4/h14-19,21-22,26H,20H2,1-13H3/b17-14+/t26-/m0/s1. The van der Waals surface area contributed by atoms with E-state index >= 15 is 0 Å². The molecular weight excluding hydrogens is 537 g/mol. The average Bonchev–Trinajstić information content (AvgIpc) is 2.82. The molecule has 0 fully saturated rings. The van der Waals surface area contributed by atoms with Gasteiger partial charge >= 0.3 is 5.97 Å². The van der Waals surface area contributed by atoms with Gasteiger partial charge in [-0.2, -0.15) is 0 Å². The molecule has 0 aromatic heterocycles. The first-order chi connectivity index (χ1) is 18.3. The van der Waals surface area contributed by atoms with Crippen LogP contribution in [0.4, 0.5) is 0 Å². The Morgan fingerprint density at radius 2 is 1.25 bits per heavy atom. The highest BCUT2D eigenvalue weighted by Gasteiger charge is 2.40. The minimum absolute atomic E-state index is 0.0691. The van der Waals surface area contributed by atoms with Crippen molar-refractivity contribution in [2.24, 2.45) is 0 Å². The number of carbonyl (C=O) groups is 1. The van der Waals surface area contributed by atoms with Crippen molar-refractivity contribution >= 4 is 28.7 Å². The summed E-state index contributed by atoms with van der Waals surface area (Å²) in [4.78, 5) is 11.9. The Hall–Kier alpha value is -2.72. The van der Waals surface area contributed by atoms with E-state index in [0.717, 1.165) is 22.6 Å². The number of methoxy groups -OCH3 is 2. The van der Waals surface area contributed by atoms with Gasteiger partial charge in [0.05, 0.1) is 14.2 Å². The lowest BCUT2D eigenvalue weighted by Crippen LogP contribution is -2.43. The third-order valence-electron chi connectivity index (χ3n) is 8.02. The molecule has 222 valence electrons. The van der Waals surface area contributed by atoms with Crippen LogP contribution in [0, 0.1) is 0 Å². The summed E-state index contributed by atoms with van der Waals surface area (Å²) in [6, 6.07) is 11.8. The molecule has 0 bridgehead atoms. The van der Waals surface area contributed by atoms with Crippen LogP contribution in [0.3, 0.4) is 0 Å². The Labute approximate surface area is 244 Å². The summed E-state index contributed by atoms with van der Waals surface area (Å²) in [5, 5.41) is 0.144. The second kappa shape index (κ2) is 12.9. The van der Waals surface area contributed by atoms with Crippen LogP contribution in [0.25, 0.3) is 6.08 Å². The molecule has 2 aromatic carbocycles. The molecule has 2 aromatic rings. The zero-order chi connectivity index (χ0) is 30.5. The number of carbonyl (C=O) groups excluding carboxylic acids is 1. The maximum Gasteiger partial charge on any atom is 0.303 e. The maximum atomic E-state index is 11.9. The van der Waals surface area contributed by atoms with Gasteiger partial charge in [0.1, 0.15) is 17.6 Å². The first kappa shape index (κ1) is 33.5. The van der Waals surface area contributed by atoms with Crippen molar-refractivity contribution in [2.75, 3.05) is 14.2 Å². The van der Waals surface area contributed by atoms with E-state index in [0.29, 0.717) is 17.9 Å². The van der Waals surface area contributed by atoms with Crippen molar-refractivity contribution in [1.29, 1.82) is 0 Å². The number of hydrogen-bond donors (Lipinski definition) is 0. The normalized spacial score (nSPS) is 13.6. The van der Waals surface area contributed by atoms with Crippen LogP contribution < -0.4 is 18.3 Å². The van der Waals surface area contributed by atoms with Gasteiger partial charge in [-0.15, -0.1) is 0 Å². The molecule has 8 heteroatoms. The Bertz CT molecular complexity index is 1190. The highest BCUT2D eigenvalue weighted by Crippen LogP contribution is 2.41. The van der Waals surface area contributed by atoms with Crippen LogP contribution in [-0.2, 0) is 16.0 Å². The van der Waals surface area contributed by atoms with E-state index < -0.39 is 22.7 Å². The minimum atomic E-state index is -2.03. The van der Waals surface area contributed by atoms with Gasteiger partial charge in [-0.25, -0.2) is 0 Å². The summed E-state index contributed by atoms with van der Waals surface area (Å²) in [5.74, 6) is 2.50. The second-order valence-electron chi connectivity index (χ2n) is 13.3. The largest absolute Gasteiger partial charge is 0.541 e. The van der Waals surface area contributed by atoms with E-state index in [9.17, 15) is 4.79 Å². The molecule has 0 saturated carbocycles. The molecule has 40 heavy (non-hydrogen) atoms. The van der Waals surface area contributed by atoms with Crippen LogP contribution >= 0.6 is 0 Å². The first-order valence-corrected chi connectivity index (χ1v) is 19.7. The number of benzene rings is 2. The molecular formula is C32H50O6Si2. The summed E-state index contributed by atoms with van der Waals surface area (Å²) in [5.41, 5.74) is 1.90. The molecule has 0 heterocycles. The molecule has 0 aliphatic heterocycles. The molecule has 0 N–H and O–H groups in total. The predicted molar refractivity (Wildman–Crippen MR) is 170 cm³/mol. The fourth-order valence-electron chi connectivity index (χ4n) is 3.46. The molecule has 0 aliphatic rings. The quantitative estimate of drug-likeness (QED) is 0.194. The summed E-state index contributed by atoms with van der Waals surface area (Å²) in [6.45, 7) is 23.5. The predicted octanol–water partition coefficient (Wildman–Crippen LogP) is 8.66. The monoisotopic (exact) mass is 586 g/mol. The van der Waals surface area contributed by atoms with Crippen molar-refractivity contribution < 1.29 is 27.9 Å². The lowest BCUT2D eigenvalue weighted by molar-refractivity contribution is -0.144. The number of hydrogen-bond acceptors (Lipinski definition) is 6. The fourth-order valence-corrected chi connectivity index (χ4v) is 5.51. The Balaban J connectivity index is 2.28. The minimum Gasteiger partial charge on any atom is -0.541 e. The van der Waals surface area contributed by atoms with Gasteiger partial charge in [-0.3, -0.25) is 4.79 Å². The maximum absolute atomic E-state index is 11.9. The van der Waals surface area contributed by atoms with E-state index in [4.69, 9.17) is 23.1 Å². The second-order valence-corrected chi connectivity index (χ2v) is 22.8. The van der Waals surface area contributed by atoms with Crippen molar-refractivity contribution in [3.05, 3.63) is 53.6 Å². The lowest BCUT2D eigenvalue weighted by Gasteiger charge is -2.36. The molecule has 2 rings (SSSR count). The van der Waals surface area contributed by atoms with E-state index in [1.54, 1.807) is 14.2 Å². The number of esters is 1. The average molecular weight is 587 g/mol. The topological polar surface area (TPSA) is 63.2 Å². The van der Waals surface area contributed by atoms with E-state index in [1.165, 1.54) is 6.92 Å². The molecule has 0 amide bonds. The Morgan fingerprint density at radius 3 is 1.70 bits per heavy atom. The zero-order valence-electron chi connectivity index (χ0n) is 26.9. The third-order valence-corrected chi connectivity index (χ3v) is 16.7. The van der Waals surface area contributed by atoms with Gasteiger partial charge in [0.15, 0.2) is 11.5 Å². The molecule has 0 spiro atoms. The van der Waals surface area contributed by atoms with E-state index in [1.807, 2.05) is 48.6 Å². The smallest absolute Gasteiger partial charge is 0.303 e. The number of rotatable bonds is 11. The highest BCUT2D eigenvalue weighted by atomic mass is 28.4. The highest BCUT2D eigenvalue weighted by molar-refractivity contribution is 6.75. The van der Waals surface area contributed by atoms with E-state index in [-0.39, 0.29) is 16.0 Å². The van der Waals surface area contributed by atoms with Crippen LogP contribution in [0.15, 0.2) is 42.5 Å². The summed E-state index contributed by atoms with van der Waals surface area (Å²) in [6.07, 6.45) is 3.88. The summed E-state index contributed by atoms with van der Waals surface area (Å²) in [7, 11) is -0.750. The Kier molecular flexibility index (Phi) is 10.8. The summed E-state index contributed by atoms with van der Waals surface area (Å²) < 4.78 is 30.0. The van der Waals surface area contributed by atoms with Gasteiger partial charge in [0.25, 0.3) is 16.6 Å². The van der Waals surface area contributed by atoms with Crippen LogP contribution in [0.1, 0.15) is 59.6 Å². The molecule has 0 saturated heterocycles. The SMILES string of the molecule is COc1cc(/C=C/[C@@H](Cc2ccc(O[Si](C)(C)C(C)(C)C)c(OC)c2)OC(C)=O)ccc1O[Si](C)(C)C(C)(C)C. The van der Waals surface area contributed by atoms with Crippen molar-refractivity contribution in [3.8, 4) is 23.0 Å². The lowest BCUT2D eigenvalue weighted by atomic mass is 10.1. The summed E-state index contributed by atoms with van der Waals surface area (Å²) >= 11 is 0. The Morgan fingerprint density at radius 1 is 0.775 bits per heavy atom. The van der Waals surface area contributed by atoms with Crippen molar-refractivity contribution in [3.63, 3.8) is 0 Å². The number of ether oxygens (including phenoxy) is 3. The van der Waals surface area contributed by atoms with Gasteiger partial charge in [0.2, 0.25) is 0 Å². The fraction of sp³-hybridized carbons (Fsp3) is 0.531. The van der Waals surface area contributed by atoms with Crippen LogP contribution in [0.2, 0.25) is 36.3 Å². The van der Waals surface area contributed by atoms with Crippen LogP contribution in [-0.4, -0.2) is 42.9 Å². The molecule has 1 atom stereocenters. The van der Waals surface area contributed by atoms with Crippen molar-refractivity contribution in [1.82, 2.24) is 0 Å². The first-order valence-electron chi connectivity index (χ1n) is 13.9. The zero-order valence-corrected chi connectivity index (χ0v) is 28.9. The van der Waals surface area contributed by atoms with Crippen molar-refractivity contribution in [2.45, 2.75) is 97.3 Å². The molecule has 0 unspecified atom stereocenters.